The van der Waals surface area contributed by atoms with Crippen LogP contribution in [0.25, 0.3) is 11.1 Å². The first-order chi connectivity index (χ1) is 12.3. The van der Waals surface area contributed by atoms with E-state index in [9.17, 15) is 0 Å². The first kappa shape index (κ1) is 15.6. The molecule has 124 valence electrons. The highest BCUT2D eigenvalue weighted by atomic mass is 16.5. The van der Waals surface area contributed by atoms with Crippen LogP contribution in [-0.2, 0) is 4.74 Å². The van der Waals surface area contributed by atoms with Gasteiger partial charge in [-0.25, -0.2) is 4.99 Å². The van der Waals surface area contributed by atoms with Crippen molar-refractivity contribution in [2.45, 2.75) is 13.2 Å². The maximum absolute atomic E-state index is 5.90. The minimum Gasteiger partial charge on any atom is -0.341 e. The van der Waals surface area contributed by atoms with Crippen LogP contribution in [0.4, 0.5) is 0 Å². The molecule has 0 bridgehead atoms. The Morgan fingerprint density at radius 1 is 0.840 bits per heavy atom. The van der Waals surface area contributed by atoms with E-state index < -0.39 is 0 Å². The van der Waals surface area contributed by atoms with Crippen molar-refractivity contribution in [1.82, 2.24) is 5.32 Å². The molecular formula is C22H20N2O. The fourth-order valence-corrected chi connectivity index (χ4v) is 3.05. The summed E-state index contributed by atoms with van der Waals surface area (Å²) in [6.07, 6.45) is -0.217. The second kappa shape index (κ2) is 6.91. The molecule has 1 atom stereocenters. The van der Waals surface area contributed by atoms with E-state index in [1.165, 1.54) is 16.7 Å². The quantitative estimate of drug-likeness (QED) is 0.757. The Balaban J connectivity index is 1.67. The molecule has 1 aliphatic rings. The van der Waals surface area contributed by atoms with E-state index >= 15 is 0 Å². The lowest BCUT2D eigenvalue weighted by Crippen LogP contribution is -2.35. The summed E-state index contributed by atoms with van der Waals surface area (Å²) in [5.74, 6) is 0.871. The number of benzene rings is 3. The molecule has 4 rings (SSSR count). The van der Waals surface area contributed by atoms with E-state index in [2.05, 4.69) is 71.8 Å². The summed E-state index contributed by atoms with van der Waals surface area (Å²) < 4.78 is 5.90. The van der Waals surface area contributed by atoms with Gasteiger partial charge in [0.15, 0.2) is 6.23 Å². The van der Waals surface area contributed by atoms with Crippen LogP contribution in [-0.4, -0.2) is 12.6 Å². The van der Waals surface area contributed by atoms with Gasteiger partial charge in [0, 0.05) is 11.1 Å². The topological polar surface area (TPSA) is 33.6 Å². The third-order valence-corrected chi connectivity index (χ3v) is 4.38. The molecule has 1 N–H and O–H groups in total. The molecule has 0 spiro atoms. The Bertz CT molecular complexity index is 885. The van der Waals surface area contributed by atoms with Crippen LogP contribution in [0.1, 0.15) is 22.9 Å². The van der Waals surface area contributed by atoms with Gasteiger partial charge in [-0.2, -0.15) is 0 Å². The number of nitrogens with one attached hydrogen (secondary N) is 1. The zero-order chi connectivity index (χ0) is 17.1. The molecule has 0 aliphatic carbocycles. The highest BCUT2D eigenvalue weighted by molar-refractivity contribution is 5.99. The Hall–Kier alpha value is -2.91. The number of hydrogen-bond donors (Lipinski definition) is 1. The summed E-state index contributed by atoms with van der Waals surface area (Å²) in [6.45, 7) is 2.45. The molecule has 3 heteroatoms. The van der Waals surface area contributed by atoms with Crippen LogP contribution in [0, 0.1) is 6.92 Å². The van der Waals surface area contributed by atoms with Gasteiger partial charge in [0.2, 0.25) is 0 Å². The van der Waals surface area contributed by atoms with Crippen LogP contribution in [0.15, 0.2) is 83.9 Å². The second-order valence-corrected chi connectivity index (χ2v) is 6.15. The van der Waals surface area contributed by atoms with Gasteiger partial charge in [-0.1, -0.05) is 84.4 Å². The Morgan fingerprint density at radius 2 is 1.56 bits per heavy atom. The zero-order valence-corrected chi connectivity index (χ0v) is 14.1. The first-order valence-corrected chi connectivity index (χ1v) is 8.45. The van der Waals surface area contributed by atoms with Crippen LogP contribution < -0.4 is 5.32 Å². The predicted octanol–water partition coefficient (Wildman–Crippen LogP) is 4.68. The minimum absolute atomic E-state index is 0.217. The number of nitrogens with zero attached hydrogens (tertiary/aromatic N) is 1. The highest BCUT2D eigenvalue weighted by Crippen LogP contribution is 2.30. The van der Waals surface area contributed by atoms with Crippen LogP contribution in [0.5, 0.6) is 0 Å². The molecule has 0 saturated carbocycles. The zero-order valence-electron chi connectivity index (χ0n) is 14.1. The smallest absolute Gasteiger partial charge is 0.158 e. The molecule has 1 aliphatic heterocycles. The summed E-state index contributed by atoms with van der Waals surface area (Å²) >= 11 is 0. The average molecular weight is 328 g/mol. The standard InChI is InChI=1S/C22H20N2O/c1-16-11-13-17(14-12-16)19-9-5-6-10-20(19)22-24-21(23-15-25-22)18-7-3-2-4-8-18/h2-14,22H,15H2,1H3,(H,23,24). The van der Waals surface area contributed by atoms with Crippen LogP contribution >= 0.6 is 0 Å². The van der Waals surface area contributed by atoms with E-state index in [0.29, 0.717) is 6.73 Å². The number of amidine groups is 1. The SMILES string of the molecule is Cc1ccc(-c2ccccc2C2NC(c3ccccc3)=NCO2)cc1. The number of aliphatic imine (C=N–C) groups is 1. The molecule has 3 aromatic rings. The lowest BCUT2D eigenvalue weighted by Gasteiger charge is -2.27. The van der Waals surface area contributed by atoms with Gasteiger partial charge in [-0.05, 0) is 18.1 Å². The molecule has 3 aromatic carbocycles. The number of aryl methyl sites for hydroxylation is 1. The Morgan fingerprint density at radius 3 is 2.36 bits per heavy atom. The van der Waals surface area contributed by atoms with E-state index in [1.807, 2.05) is 24.3 Å². The maximum Gasteiger partial charge on any atom is 0.158 e. The van der Waals surface area contributed by atoms with E-state index in [4.69, 9.17) is 4.74 Å². The summed E-state index contributed by atoms with van der Waals surface area (Å²) in [5, 5.41) is 3.44. The highest BCUT2D eigenvalue weighted by Gasteiger charge is 2.21. The van der Waals surface area contributed by atoms with Gasteiger partial charge in [-0.3, -0.25) is 0 Å². The number of hydrogen-bond acceptors (Lipinski definition) is 3. The summed E-state index contributed by atoms with van der Waals surface area (Å²) in [4.78, 5) is 4.47. The largest absolute Gasteiger partial charge is 0.341 e. The lowest BCUT2D eigenvalue weighted by atomic mass is 9.97. The fraction of sp³-hybridized carbons (Fsp3) is 0.136. The predicted molar refractivity (Wildman–Crippen MR) is 101 cm³/mol. The lowest BCUT2D eigenvalue weighted by molar-refractivity contribution is 0.0379. The summed E-state index contributed by atoms with van der Waals surface area (Å²) in [7, 11) is 0. The molecular weight excluding hydrogens is 308 g/mol. The van der Waals surface area contributed by atoms with Gasteiger partial charge in [-0.15, -0.1) is 0 Å². The molecule has 25 heavy (non-hydrogen) atoms. The minimum atomic E-state index is -0.217. The molecule has 1 heterocycles. The summed E-state index contributed by atoms with van der Waals surface area (Å²) in [6, 6.07) is 27.1. The Labute approximate surface area is 148 Å². The summed E-state index contributed by atoms with van der Waals surface area (Å²) in [5.41, 5.74) is 5.81. The van der Waals surface area contributed by atoms with Crippen molar-refractivity contribution in [2.75, 3.05) is 6.73 Å². The molecule has 0 radical (unpaired) electrons. The van der Waals surface area contributed by atoms with Gasteiger partial charge in [0.05, 0.1) is 0 Å². The molecule has 0 aromatic heterocycles. The van der Waals surface area contributed by atoms with Gasteiger partial charge >= 0.3 is 0 Å². The van der Waals surface area contributed by atoms with Crippen molar-refractivity contribution in [3.63, 3.8) is 0 Å². The maximum atomic E-state index is 5.90. The third-order valence-electron chi connectivity index (χ3n) is 4.38. The molecule has 1 unspecified atom stereocenters. The van der Waals surface area contributed by atoms with Crippen molar-refractivity contribution in [3.05, 3.63) is 95.6 Å². The van der Waals surface area contributed by atoms with Crippen molar-refractivity contribution >= 4 is 5.84 Å². The van der Waals surface area contributed by atoms with Crippen molar-refractivity contribution in [1.29, 1.82) is 0 Å². The van der Waals surface area contributed by atoms with Gasteiger partial charge < -0.3 is 10.1 Å². The van der Waals surface area contributed by atoms with E-state index in [1.54, 1.807) is 0 Å². The van der Waals surface area contributed by atoms with Crippen molar-refractivity contribution in [2.24, 2.45) is 4.99 Å². The first-order valence-electron chi connectivity index (χ1n) is 8.45. The molecule has 0 amide bonds. The van der Waals surface area contributed by atoms with Gasteiger partial charge in [0.25, 0.3) is 0 Å². The number of rotatable bonds is 3. The van der Waals surface area contributed by atoms with Crippen LogP contribution in [0.2, 0.25) is 0 Å². The fourth-order valence-electron chi connectivity index (χ4n) is 3.05. The monoisotopic (exact) mass is 328 g/mol. The van der Waals surface area contributed by atoms with Crippen molar-refractivity contribution in [3.8, 4) is 11.1 Å². The average Bonchev–Trinajstić information content (AvgIpc) is 2.69. The number of ether oxygens (including phenoxy) is 1. The second-order valence-electron chi connectivity index (χ2n) is 6.15. The Kier molecular flexibility index (Phi) is 4.32. The molecule has 0 fully saturated rings. The van der Waals surface area contributed by atoms with Crippen molar-refractivity contribution < 1.29 is 4.74 Å². The van der Waals surface area contributed by atoms with E-state index in [-0.39, 0.29) is 6.23 Å². The van der Waals surface area contributed by atoms with Crippen LogP contribution in [0.3, 0.4) is 0 Å². The normalized spacial score (nSPS) is 16.8. The van der Waals surface area contributed by atoms with Gasteiger partial charge in [0.1, 0.15) is 12.6 Å². The van der Waals surface area contributed by atoms with E-state index in [0.717, 1.165) is 17.0 Å². The molecule has 0 saturated heterocycles. The molecule has 3 nitrogen and oxygen atoms in total. The third kappa shape index (κ3) is 3.32.